The van der Waals surface area contributed by atoms with Crippen LogP contribution in [-0.4, -0.2) is 38.1 Å². The van der Waals surface area contributed by atoms with Crippen molar-refractivity contribution in [2.75, 3.05) is 13.2 Å². The fourth-order valence-corrected chi connectivity index (χ4v) is 2.32. The van der Waals surface area contributed by atoms with Crippen LogP contribution >= 0.6 is 0 Å². The topological polar surface area (TPSA) is 106 Å². The van der Waals surface area contributed by atoms with E-state index in [1.807, 2.05) is 0 Å². The van der Waals surface area contributed by atoms with Gasteiger partial charge >= 0.3 is 15.6 Å². The van der Waals surface area contributed by atoms with Crippen LogP contribution in [0.1, 0.15) is 21.6 Å². The van der Waals surface area contributed by atoms with E-state index in [-0.39, 0.29) is 37.3 Å². The Bertz CT molecular complexity index is 701. The number of nitrogens with zero attached hydrogens (tertiary/aromatic N) is 1. The number of carboxylic acid groups (broad SMARTS) is 1. The molecule has 0 N–H and O–H groups in total. The molecular formula is C11H9F3NO6S-. The van der Waals surface area contributed by atoms with Gasteiger partial charge in [0, 0.05) is 18.1 Å². The van der Waals surface area contributed by atoms with E-state index in [1.54, 1.807) is 0 Å². The van der Waals surface area contributed by atoms with E-state index in [4.69, 9.17) is 4.74 Å². The zero-order valence-electron chi connectivity index (χ0n) is 10.8. The Morgan fingerprint density at radius 2 is 1.95 bits per heavy atom. The number of hydrogen-bond donors (Lipinski definition) is 0. The molecule has 0 amide bonds. The van der Waals surface area contributed by atoms with Crippen molar-refractivity contribution in [2.24, 2.45) is 0 Å². The molecule has 0 spiro atoms. The van der Waals surface area contributed by atoms with Crippen LogP contribution in [0.5, 0.6) is 5.88 Å². The zero-order chi connectivity index (χ0) is 16.5. The summed E-state index contributed by atoms with van der Waals surface area (Å²) in [5.41, 5.74) is -5.78. The Kier molecular flexibility index (Phi) is 4.29. The van der Waals surface area contributed by atoms with Crippen LogP contribution in [0.4, 0.5) is 13.2 Å². The number of fused-ring (bicyclic) bond motifs is 1. The number of ether oxygens (including phenoxy) is 1. The molecule has 1 aliphatic rings. The molecule has 11 heteroatoms. The molecule has 122 valence electrons. The summed E-state index contributed by atoms with van der Waals surface area (Å²) in [7, 11) is -5.94. The number of carboxylic acids is 1. The fraction of sp³-hybridized carbons (Fsp3) is 0.455. The van der Waals surface area contributed by atoms with Gasteiger partial charge in [0.25, 0.3) is 0 Å². The quantitative estimate of drug-likeness (QED) is 0.553. The van der Waals surface area contributed by atoms with Crippen molar-refractivity contribution in [3.8, 4) is 5.88 Å². The normalized spacial score (nSPS) is 15.8. The monoisotopic (exact) mass is 340 g/mol. The Labute approximate surface area is 122 Å². The number of pyridine rings is 1. The number of hydrogen-bond acceptors (Lipinski definition) is 7. The highest BCUT2D eigenvalue weighted by molar-refractivity contribution is 7.87. The van der Waals surface area contributed by atoms with E-state index in [2.05, 4.69) is 9.17 Å². The molecule has 1 aliphatic heterocycles. The maximum absolute atomic E-state index is 12.3. The first kappa shape index (κ1) is 16.5. The molecule has 0 aliphatic carbocycles. The van der Waals surface area contributed by atoms with Crippen LogP contribution in [0.25, 0.3) is 0 Å². The number of halogens is 3. The summed E-state index contributed by atoms with van der Waals surface area (Å²) in [6.07, 6.45) is 0.275. The highest BCUT2D eigenvalue weighted by atomic mass is 32.2. The van der Waals surface area contributed by atoms with Crippen LogP contribution in [0.15, 0.2) is 6.07 Å². The molecule has 0 bridgehead atoms. The van der Waals surface area contributed by atoms with Gasteiger partial charge in [-0.1, -0.05) is 0 Å². The summed E-state index contributed by atoms with van der Waals surface area (Å²) >= 11 is 0. The molecule has 0 aromatic carbocycles. The SMILES string of the molecule is O=C([O-])c1cc(OS(=O)(=O)C(F)(F)F)nc2c1CCOCC2. The minimum atomic E-state index is -5.94. The van der Waals surface area contributed by atoms with Gasteiger partial charge < -0.3 is 18.8 Å². The second-order valence-electron chi connectivity index (χ2n) is 4.32. The lowest BCUT2D eigenvalue weighted by atomic mass is 10.0. The van der Waals surface area contributed by atoms with Gasteiger partial charge in [-0.05, 0) is 12.0 Å². The molecule has 0 saturated carbocycles. The van der Waals surface area contributed by atoms with E-state index in [1.165, 1.54) is 0 Å². The predicted molar refractivity (Wildman–Crippen MR) is 62.4 cm³/mol. The molecule has 1 aromatic heterocycles. The highest BCUT2D eigenvalue weighted by Gasteiger charge is 2.49. The Hall–Kier alpha value is -1.88. The molecule has 22 heavy (non-hydrogen) atoms. The van der Waals surface area contributed by atoms with Gasteiger partial charge in [-0.3, -0.25) is 0 Å². The maximum Gasteiger partial charge on any atom is 0.534 e. The summed E-state index contributed by atoms with van der Waals surface area (Å²) in [6.45, 7) is 0.373. The molecule has 0 saturated heterocycles. The van der Waals surface area contributed by atoms with Crippen LogP contribution in [-0.2, 0) is 27.7 Å². The summed E-state index contributed by atoms with van der Waals surface area (Å²) in [4.78, 5) is 14.7. The summed E-state index contributed by atoms with van der Waals surface area (Å²) in [5.74, 6) is -2.65. The number of rotatable bonds is 3. The third kappa shape index (κ3) is 3.30. The second-order valence-corrected chi connectivity index (χ2v) is 5.85. The van der Waals surface area contributed by atoms with Crippen LogP contribution in [0.2, 0.25) is 0 Å². The van der Waals surface area contributed by atoms with Gasteiger partial charge in [-0.25, -0.2) is 4.98 Å². The van der Waals surface area contributed by atoms with Crippen LogP contribution in [0, 0.1) is 0 Å². The Balaban J connectivity index is 2.49. The summed E-state index contributed by atoms with van der Waals surface area (Å²) in [5, 5.41) is 11.1. The first-order valence-electron chi connectivity index (χ1n) is 5.94. The smallest absolute Gasteiger partial charge is 0.534 e. The average Bonchev–Trinajstić information content (AvgIpc) is 2.60. The average molecular weight is 340 g/mol. The van der Waals surface area contributed by atoms with Gasteiger partial charge in [0.1, 0.15) is 0 Å². The number of carbonyl (C=O) groups is 1. The van der Waals surface area contributed by atoms with Crippen molar-refractivity contribution in [1.29, 1.82) is 0 Å². The van der Waals surface area contributed by atoms with E-state index in [0.29, 0.717) is 6.07 Å². The molecule has 0 radical (unpaired) electrons. The number of aromatic nitrogens is 1. The van der Waals surface area contributed by atoms with E-state index < -0.39 is 33.0 Å². The summed E-state index contributed by atoms with van der Waals surface area (Å²) in [6, 6.07) is 0.600. The van der Waals surface area contributed by atoms with Gasteiger partial charge in [0.05, 0.1) is 24.9 Å². The van der Waals surface area contributed by atoms with Crippen molar-refractivity contribution in [1.82, 2.24) is 4.98 Å². The van der Waals surface area contributed by atoms with Gasteiger partial charge in [0.2, 0.25) is 5.88 Å². The molecule has 7 nitrogen and oxygen atoms in total. The van der Waals surface area contributed by atoms with Gasteiger partial charge in [0.15, 0.2) is 0 Å². The second kappa shape index (κ2) is 5.72. The molecule has 0 fully saturated rings. The molecular weight excluding hydrogens is 331 g/mol. The Morgan fingerprint density at radius 1 is 1.32 bits per heavy atom. The summed E-state index contributed by atoms with van der Waals surface area (Å²) < 4.78 is 67.8. The standard InChI is InChI=1S/C11H10F3NO6S/c12-11(13,14)22(18,19)21-9-5-7(10(16)17)6-1-3-20-4-2-8(6)15-9/h5H,1-4H2,(H,16,17)/p-1. The largest absolute Gasteiger partial charge is 0.545 e. The lowest BCUT2D eigenvalue weighted by Crippen LogP contribution is -2.29. The molecule has 2 rings (SSSR count). The van der Waals surface area contributed by atoms with E-state index in [9.17, 15) is 31.5 Å². The Morgan fingerprint density at radius 3 is 2.55 bits per heavy atom. The maximum atomic E-state index is 12.3. The molecule has 0 unspecified atom stereocenters. The lowest BCUT2D eigenvalue weighted by Gasteiger charge is -2.15. The first-order valence-corrected chi connectivity index (χ1v) is 7.35. The number of aromatic carboxylic acids is 1. The highest BCUT2D eigenvalue weighted by Crippen LogP contribution is 2.28. The van der Waals surface area contributed by atoms with Crippen molar-refractivity contribution in [3.05, 3.63) is 22.9 Å². The van der Waals surface area contributed by atoms with Gasteiger partial charge in [-0.2, -0.15) is 21.6 Å². The first-order chi connectivity index (χ1) is 10.1. The van der Waals surface area contributed by atoms with Crippen molar-refractivity contribution in [2.45, 2.75) is 18.3 Å². The molecule has 2 heterocycles. The van der Waals surface area contributed by atoms with Crippen LogP contribution < -0.4 is 9.29 Å². The molecule has 1 aromatic rings. The molecule has 0 atom stereocenters. The third-order valence-corrected chi connectivity index (χ3v) is 3.82. The number of carbonyl (C=O) groups excluding carboxylic acids is 1. The third-order valence-electron chi connectivity index (χ3n) is 2.86. The lowest BCUT2D eigenvalue weighted by molar-refractivity contribution is -0.255. The van der Waals surface area contributed by atoms with Crippen molar-refractivity contribution < 1.29 is 40.4 Å². The minimum absolute atomic E-state index is 0.103. The van der Waals surface area contributed by atoms with E-state index in [0.717, 1.165) is 0 Å². The van der Waals surface area contributed by atoms with Crippen molar-refractivity contribution >= 4 is 16.1 Å². The minimum Gasteiger partial charge on any atom is -0.545 e. The van der Waals surface area contributed by atoms with Gasteiger partial charge in [-0.15, -0.1) is 0 Å². The predicted octanol–water partition coefficient (Wildman–Crippen LogP) is -0.211. The fourth-order valence-electron chi connectivity index (χ4n) is 1.91. The van der Waals surface area contributed by atoms with Crippen molar-refractivity contribution in [3.63, 3.8) is 0 Å². The van der Waals surface area contributed by atoms with Crippen LogP contribution in [0.3, 0.4) is 0 Å². The zero-order valence-corrected chi connectivity index (χ0v) is 11.7. The number of alkyl halides is 3. The van der Waals surface area contributed by atoms with E-state index >= 15 is 0 Å².